The zero-order chi connectivity index (χ0) is 15.8. The first-order valence-electron chi connectivity index (χ1n) is 7.56. The first-order chi connectivity index (χ1) is 9.83. The van der Waals surface area contributed by atoms with Gasteiger partial charge in [0.2, 0.25) is 11.8 Å². The van der Waals surface area contributed by atoms with E-state index in [4.69, 9.17) is 5.73 Å². The monoisotopic (exact) mass is 298 g/mol. The molecular weight excluding hydrogens is 272 g/mol. The van der Waals surface area contributed by atoms with Gasteiger partial charge in [-0.3, -0.25) is 19.4 Å². The zero-order valence-electron chi connectivity index (χ0n) is 13.0. The minimum absolute atomic E-state index is 0.108. The molecule has 0 bridgehead atoms. The molecule has 2 unspecified atom stereocenters. The second-order valence-corrected chi connectivity index (χ2v) is 6.22. The lowest BCUT2D eigenvalue weighted by molar-refractivity contribution is -0.142. The number of aliphatic hydroxyl groups is 1. The number of hydrogen-bond donors (Lipinski definition) is 3. The van der Waals surface area contributed by atoms with Gasteiger partial charge in [0, 0.05) is 19.1 Å². The largest absolute Gasteiger partial charge is 0.391 e. The minimum Gasteiger partial charge on any atom is -0.391 e. The molecule has 2 heterocycles. The fraction of sp³-hybridized carbons (Fsp3) is 0.857. The van der Waals surface area contributed by atoms with Crippen LogP contribution in [0.4, 0.5) is 0 Å². The van der Waals surface area contributed by atoms with Crippen LogP contribution in [0.2, 0.25) is 0 Å². The van der Waals surface area contributed by atoms with Crippen molar-refractivity contribution >= 4 is 11.8 Å². The molecule has 0 saturated carbocycles. The summed E-state index contributed by atoms with van der Waals surface area (Å²) in [5.74, 6) is -0.416. The van der Waals surface area contributed by atoms with E-state index in [-0.39, 0.29) is 17.5 Å². The predicted molar refractivity (Wildman–Crippen MR) is 78.4 cm³/mol. The Kier molecular flexibility index (Phi) is 4.55. The Morgan fingerprint density at radius 3 is 2.71 bits per heavy atom. The van der Waals surface area contributed by atoms with Gasteiger partial charge in [-0.2, -0.15) is 0 Å². The standard InChI is InChI=1S/C14H26N4O3/c1-4-18-10(5-6-14(18)8-16-13(14)21)7-17(3)11(9(2)19)12(15)20/h9-11,19H,4-8H2,1-3H3,(H2,15,20)(H,16,21)/t9-,10?,11+,14?/m1/s1. The van der Waals surface area contributed by atoms with Crippen LogP contribution in [-0.4, -0.2) is 77.1 Å². The SMILES string of the molecule is CCN1C(CN(C)[C@H](C(N)=O)[C@@H](C)O)CCC12CNC2=O. The number of aliphatic hydroxyl groups excluding tert-OH is 1. The van der Waals surface area contributed by atoms with Gasteiger partial charge in [0.05, 0.1) is 6.10 Å². The number of carbonyl (C=O) groups excluding carboxylic acids is 2. The molecule has 0 aromatic carbocycles. The average Bonchev–Trinajstić information content (AvgIpc) is 2.76. The minimum atomic E-state index is -0.815. The molecule has 4 N–H and O–H groups in total. The van der Waals surface area contributed by atoms with E-state index < -0.39 is 18.1 Å². The smallest absolute Gasteiger partial charge is 0.242 e. The van der Waals surface area contributed by atoms with Crippen molar-refractivity contribution < 1.29 is 14.7 Å². The molecule has 0 aromatic heterocycles. The number of carbonyl (C=O) groups is 2. The molecule has 2 rings (SSSR count). The fourth-order valence-electron chi connectivity index (χ4n) is 3.87. The lowest BCUT2D eigenvalue weighted by atomic mass is 9.88. The van der Waals surface area contributed by atoms with Crippen molar-refractivity contribution in [2.24, 2.45) is 5.73 Å². The normalized spacial score (nSPS) is 32.0. The second kappa shape index (κ2) is 5.90. The van der Waals surface area contributed by atoms with Gasteiger partial charge in [-0.05, 0) is 33.4 Å². The van der Waals surface area contributed by atoms with E-state index in [1.807, 2.05) is 6.92 Å². The third kappa shape index (κ3) is 2.65. The number of rotatable bonds is 6. The Balaban J connectivity index is 2.06. The molecule has 7 nitrogen and oxygen atoms in total. The highest BCUT2D eigenvalue weighted by Gasteiger charge is 2.56. The van der Waals surface area contributed by atoms with Crippen molar-refractivity contribution in [3.63, 3.8) is 0 Å². The second-order valence-electron chi connectivity index (χ2n) is 6.22. The Morgan fingerprint density at radius 2 is 2.33 bits per heavy atom. The molecule has 2 amide bonds. The van der Waals surface area contributed by atoms with Gasteiger partial charge >= 0.3 is 0 Å². The summed E-state index contributed by atoms with van der Waals surface area (Å²) < 4.78 is 0. The van der Waals surface area contributed by atoms with Crippen LogP contribution in [-0.2, 0) is 9.59 Å². The van der Waals surface area contributed by atoms with Crippen molar-refractivity contribution in [2.75, 3.05) is 26.7 Å². The summed E-state index contributed by atoms with van der Waals surface area (Å²) in [4.78, 5) is 27.4. The lowest BCUT2D eigenvalue weighted by Gasteiger charge is -2.46. The van der Waals surface area contributed by atoms with E-state index in [1.165, 1.54) is 0 Å². The molecule has 1 spiro atoms. The van der Waals surface area contributed by atoms with Crippen molar-refractivity contribution in [1.29, 1.82) is 0 Å². The zero-order valence-corrected chi connectivity index (χ0v) is 13.0. The topological polar surface area (TPSA) is 98.9 Å². The van der Waals surface area contributed by atoms with Crippen LogP contribution in [0.5, 0.6) is 0 Å². The maximum absolute atomic E-state index is 11.9. The van der Waals surface area contributed by atoms with Crippen molar-refractivity contribution in [2.45, 2.75) is 50.4 Å². The molecule has 7 heteroatoms. The number of nitrogens with one attached hydrogen (secondary N) is 1. The average molecular weight is 298 g/mol. The van der Waals surface area contributed by atoms with Crippen LogP contribution < -0.4 is 11.1 Å². The number of nitrogens with zero attached hydrogens (tertiary/aromatic N) is 2. The summed E-state index contributed by atoms with van der Waals surface area (Å²) in [6.07, 6.45) is 0.947. The Hall–Kier alpha value is -1.18. The Bertz CT molecular complexity index is 428. The van der Waals surface area contributed by atoms with E-state index in [0.29, 0.717) is 13.1 Å². The summed E-state index contributed by atoms with van der Waals surface area (Å²) in [5, 5.41) is 12.6. The van der Waals surface area contributed by atoms with Crippen LogP contribution in [0.25, 0.3) is 0 Å². The highest BCUT2D eigenvalue weighted by Crippen LogP contribution is 2.37. The van der Waals surface area contributed by atoms with Gasteiger partial charge in [-0.25, -0.2) is 0 Å². The van der Waals surface area contributed by atoms with Gasteiger partial charge in [-0.15, -0.1) is 0 Å². The summed E-state index contributed by atoms with van der Waals surface area (Å²) in [7, 11) is 1.79. The Morgan fingerprint density at radius 1 is 1.67 bits per heavy atom. The number of nitrogens with two attached hydrogens (primary N) is 1. The maximum Gasteiger partial charge on any atom is 0.242 e. The van der Waals surface area contributed by atoms with Gasteiger partial charge in [0.25, 0.3) is 0 Å². The number of β-lactam (4-membered cyclic amide) rings is 1. The molecule has 2 aliphatic rings. The molecule has 0 aromatic rings. The molecule has 120 valence electrons. The molecule has 0 aliphatic carbocycles. The fourth-order valence-corrected chi connectivity index (χ4v) is 3.87. The number of primary amides is 1. The molecule has 2 fully saturated rings. The summed E-state index contributed by atoms with van der Waals surface area (Å²) in [6, 6.07) is -0.498. The third-order valence-corrected chi connectivity index (χ3v) is 4.91. The molecular formula is C14H26N4O3. The van der Waals surface area contributed by atoms with Crippen LogP contribution in [0.1, 0.15) is 26.7 Å². The number of likely N-dealkylation sites (N-methyl/N-ethyl adjacent to an activating group) is 2. The van der Waals surface area contributed by atoms with Crippen molar-refractivity contribution in [3.8, 4) is 0 Å². The summed E-state index contributed by atoms with van der Waals surface area (Å²) in [6.45, 7) is 5.73. The lowest BCUT2D eigenvalue weighted by Crippen LogP contribution is -2.71. The summed E-state index contributed by atoms with van der Waals surface area (Å²) >= 11 is 0. The first-order valence-corrected chi connectivity index (χ1v) is 7.56. The van der Waals surface area contributed by atoms with E-state index in [0.717, 1.165) is 19.4 Å². The Labute approximate surface area is 125 Å². The van der Waals surface area contributed by atoms with E-state index >= 15 is 0 Å². The number of hydrogen-bond acceptors (Lipinski definition) is 5. The molecule has 0 radical (unpaired) electrons. The maximum atomic E-state index is 11.9. The highest BCUT2D eigenvalue weighted by atomic mass is 16.3. The first kappa shape index (κ1) is 16.2. The molecule has 21 heavy (non-hydrogen) atoms. The molecule has 4 atom stereocenters. The van der Waals surface area contributed by atoms with Crippen molar-refractivity contribution in [1.82, 2.24) is 15.1 Å². The van der Waals surface area contributed by atoms with E-state index in [1.54, 1.807) is 18.9 Å². The molecule has 2 aliphatic heterocycles. The summed E-state index contributed by atoms with van der Waals surface area (Å²) in [5.41, 5.74) is 5.02. The van der Waals surface area contributed by atoms with Crippen LogP contribution in [0.15, 0.2) is 0 Å². The van der Waals surface area contributed by atoms with Gasteiger partial charge < -0.3 is 16.2 Å². The van der Waals surface area contributed by atoms with E-state index in [9.17, 15) is 14.7 Å². The number of amides is 2. The van der Waals surface area contributed by atoms with E-state index in [2.05, 4.69) is 10.2 Å². The number of likely N-dealkylation sites (tertiary alicyclic amines) is 1. The quantitative estimate of drug-likeness (QED) is 0.519. The predicted octanol–water partition coefficient (Wildman–Crippen LogP) is -1.49. The van der Waals surface area contributed by atoms with Gasteiger partial charge in [-0.1, -0.05) is 6.92 Å². The van der Waals surface area contributed by atoms with Crippen LogP contribution >= 0.6 is 0 Å². The van der Waals surface area contributed by atoms with Crippen LogP contribution in [0.3, 0.4) is 0 Å². The van der Waals surface area contributed by atoms with Crippen LogP contribution in [0, 0.1) is 0 Å². The van der Waals surface area contributed by atoms with Crippen molar-refractivity contribution in [3.05, 3.63) is 0 Å². The van der Waals surface area contributed by atoms with Gasteiger partial charge in [0.15, 0.2) is 0 Å². The van der Waals surface area contributed by atoms with Gasteiger partial charge in [0.1, 0.15) is 11.6 Å². The molecule has 2 saturated heterocycles. The third-order valence-electron chi connectivity index (χ3n) is 4.91. The highest BCUT2D eigenvalue weighted by molar-refractivity contribution is 5.93.